The highest BCUT2D eigenvalue weighted by Gasteiger charge is 2.23. The molecular formula is C22H22Cl2N4O. The van der Waals surface area contributed by atoms with Crippen LogP contribution >= 0.6 is 23.2 Å². The zero-order valence-corrected chi connectivity index (χ0v) is 17.3. The smallest absolute Gasteiger partial charge is 0.319 e. The summed E-state index contributed by atoms with van der Waals surface area (Å²) in [5.74, 6) is 0. The van der Waals surface area contributed by atoms with Crippen molar-refractivity contribution < 1.29 is 4.79 Å². The fourth-order valence-electron chi connectivity index (χ4n) is 3.73. The van der Waals surface area contributed by atoms with Gasteiger partial charge in [0.05, 0.1) is 5.52 Å². The van der Waals surface area contributed by atoms with Crippen molar-refractivity contribution >= 4 is 51.5 Å². The number of amides is 2. The van der Waals surface area contributed by atoms with Crippen molar-refractivity contribution in [1.29, 1.82) is 0 Å². The van der Waals surface area contributed by atoms with Gasteiger partial charge in [-0.15, -0.1) is 0 Å². The van der Waals surface area contributed by atoms with Gasteiger partial charge in [0.25, 0.3) is 0 Å². The lowest BCUT2D eigenvalue weighted by Gasteiger charge is -2.30. The molecule has 1 saturated carbocycles. The molecule has 0 bridgehead atoms. The maximum absolute atomic E-state index is 12.2. The molecule has 0 saturated heterocycles. The summed E-state index contributed by atoms with van der Waals surface area (Å²) < 4.78 is 0. The molecule has 0 unspecified atom stereocenters. The number of nitrogens with zero attached hydrogens (tertiary/aromatic N) is 1. The van der Waals surface area contributed by atoms with E-state index in [-0.39, 0.29) is 12.1 Å². The summed E-state index contributed by atoms with van der Waals surface area (Å²) in [5, 5.41) is 12.0. The number of halogens is 2. The minimum Gasteiger partial charge on any atom is -0.382 e. The van der Waals surface area contributed by atoms with E-state index in [0.717, 1.165) is 48.0 Å². The van der Waals surface area contributed by atoms with E-state index >= 15 is 0 Å². The Hall–Kier alpha value is -2.50. The van der Waals surface area contributed by atoms with Crippen molar-refractivity contribution in [3.05, 3.63) is 64.8 Å². The van der Waals surface area contributed by atoms with Crippen molar-refractivity contribution in [3.63, 3.8) is 0 Å². The van der Waals surface area contributed by atoms with Gasteiger partial charge in [-0.05, 0) is 74.2 Å². The second-order valence-electron chi connectivity index (χ2n) is 7.32. The predicted octanol–water partition coefficient (Wildman–Crippen LogP) is 6.09. The van der Waals surface area contributed by atoms with Gasteiger partial charge in [-0.25, -0.2) is 4.79 Å². The lowest BCUT2D eigenvalue weighted by Crippen LogP contribution is -2.42. The number of nitrogens with one attached hydrogen (secondary N) is 3. The fourth-order valence-corrected chi connectivity index (χ4v) is 4.03. The number of carbonyl (C=O) groups excluding carboxylic acids is 1. The number of aromatic nitrogens is 1. The Bertz CT molecular complexity index is 1000. The monoisotopic (exact) mass is 428 g/mol. The van der Waals surface area contributed by atoms with E-state index in [1.54, 1.807) is 30.5 Å². The summed E-state index contributed by atoms with van der Waals surface area (Å²) >= 11 is 11.9. The molecule has 0 radical (unpaired) electrons. The maximum Gasteiger partial charge on any atom is 0.319 e. The van der Waals surface area contributed by atoms with Crippen molar-refractivity contribution in [2.45, 2.75) is 37.8 Å². The molecule has 0 aliphatic heterocycles. The Morgan fingerprint density at radius 3 is 2.34 bits per heavy atom. The highest BCUT2D eigenvalue weighted by atomic mass is 35.5. The topological polar surface area (TPSA) is 66.1 Å². The van der Waals surface area contributed by atoms with Crippen molar-refractivity contribution in [2.24, 2.45) is 0 Å². The molecule has 1 heterocycles. The van der Waals surface area contributed by atoms with Gasteiger partial charge in [0, 0.05) is 45.1 Å². The summed E-state index contributed by atoms with van der Waals surface area (Å²) in [6.45, 7) is 0. The van der Waals surface area contributed by atoms with Gasteiger partial charge < -0.3 is 16.0 Å². The molecular weight excluding hydrogens is 407 g/mol. The summed E-state index contributed by atoms with van der Waals surface area (Å²) in [7, 11) is 0. The second kappa shape index (κ2) is 8.89. The predicted molar refractivity (Wildman–Crippen MR) is 120 cm³/mol. The van der Waals surface area contributed by atoms with Crippen LogP contribution in [0.5, 0.6) is 0 Å². The number of rotatable bonds is 4. The van der Waals surface area contributed by atoms with E-state index in [4.69, 9.17) is 23.2 Å². The number of fused-ring (bicyclic) bond motifs is 1. The van der Waals surface area contributed by atoms with Gasteiger partial charge in [-0.2, -0.15) is 0 Å². The van der Waals surface area contributed by atoms with Crippen LogP contribution in [0.4, 0.5) is 16.2 Å². The average molecular weight is 429 g/mol. The van der Waals surface area contributed by atoms with E-state index in [9.17, 15) is 4.79 Å². The van der Waals surface area contributed by atoms with Gasteiger partial charge in [0.1, 0.15) is 0 Å². The van der Waals surface area contributed by atoms with Crippen molar-refractivity contribution in [3.8, 4) is 0 Å². The van der Waals surface area contributed by atoms with Crippen LogP contribution in [0.1, 0.15) is 25.7 Å². The third-order valence-corrected chi connectivity index (χ3v) is 5.72. The molecule has 3 aromatic rings. The molecule has 1 aliphatic rings. The van der Waals surface area contributed by atoms with Gasteiger partial charge in [-0.3, -0.25) is 4.98 Å². The number of pyridine rings is 1. The quantitative estimate of drug-likeness (QED) is 0.471. The summed E-state index contributed by atoms with van der Waals surface area (Å²) in [6, 6.07) is 15.2. The summed E-state index contributed by atoms with van der Waals surface area (Å²) in [5.41, 5.74) is 2.69. The van der Waals surface area contributed by atoms with Crippen LogP contribution in [0.25, 0.3) is 10.9 Å². The molecule has 29 heavy (non-hydrogen) atoms. The number of benzene rings is 2. The first-order valence-electron chi connectivity index (χ1n) is 9.71. The van der Waals surface area contributed by atoms with Gasteiger partial charge in [-0.1, -0.05) is 23.2 Å². The Balaban J connectivity index is 1.29. The Morgan fingerprint density at radius 2 is 1.59 bits per heavy atom. The first-order valence-corrected chi connectivity index (χ1v) is 10.5. The molecule has 7 heteroatoms. The van der Waals surface area contributed by atoms with E-state index in [1.165, 1.54) is 0 Å². The average Bonchev–Trinajstić information content (AvgIpc) is 2.71. The van der Waals surface area contributed by atoms with Crippen LogP contribution in [0.3, 0.4) is 0 Å². The number of hydrogen-bond donors (Lipinski definition) is 3. The molecule has 4 rings (SSSR count). The van der Waals surface area contributed by atoms with E-state index in [0.29, 0.717) is 16.1 Å². The van der Waals surface area contributed by atoms with Crippen LogP contribution in [0.15, 0.2) is 54.7 Å². The first kappa shape index (κ1) is 19.8. The second-order valence-corrected chi connectivity index (χ2v) is 8.19. The molecule has 150 valence electrons. The molecule has 1 aromatic heterocycles. The number of anilines is 2. The third kappa shape index (κ3) is 5.11. The SMILES string of the molecule is O=C(Nc1ccc(Cl)cc1)NC1CCC(Nc2ccnc3cc(Cl)ccc23)CC1. The van der Waals surface area contributed by atoms with Crippen molar-refractivity contribution in [1.82, 2.24) is 10.3 Å². The lowest BCUT2D eigenvalue weighted by molar-refractivity contribution is 0.243. The van der Waals surface area contributed by atoms with Crippen LogP contribution in [-0.4, -0.2) is 23.1 Å². The van der Waals surface area contributed by atoms with Crippen LogP contribution in [0, 0.1) is 0 Å². The molecule has 5 nitrogen and oxygen atoms in total. The van der Waals surface area contributed by atoms with Crippen LogP contribution in [0.2, 0.25) is 10.0 Å². The third-order valence-electron chi connectivity index (χ3n) is 5.23. The number of carbonyl (C=O) groups is 1. The zero-order chi connectivity index (χ0) is 20.2. The molecule has 1 fully saturated rings. The molecule has 2 aromatic carbocycles. The highest BCUT2D eigenvalue weighted by Crippen LogP contribution is 2.28. The van der Waals surface area contributed by atoms with Crippen molar-refractivity contribution in [2.75, 3.05) is 10.6 Å². The first-order chi connectivity index (χ1) is 14.1. The maximum atomic E-state index is 12.2. The van der Waals surface area contributed by atoms with Crippen LogP contribution in [-0.2, 0) is 0 Å². The zero-order valence-electron chi connectivity index (χ0n) is 15.8. The minimum absolute atomic E-state index is 0.174. The molecule has 0 spiro atoms. The normalized spacial score (nSPS) is 19.0. The highest BCUT2D eigenvalue weighted by molar-refractivity contribution is 6.31. The Labute approximate surface area is 179 Å². The number of urea groups is 1. The molecule has 0 atom stereocenters. The Morgan fingerprint density at radius 1 is 0.897 bits per heavy atom. The minimum atomic E-state index is -0.180. The summed E-state index contributed by atoms with van der Waals surface area (Å²) in [4.78, 5) is 16.6. The molecule has 2 amide bonds. The van der Waals surface area contributed by atoms with Crippen LogP contribution < -0.4 is 16.0 Å². The van der Waals surface area contributed by atoms with E-state index in [1.807, 2.05) is 24.3 Å². The fraction of sp³-hybridized carbons (Fsp3) is 0.273. The molecule has 1 aliphatic carbocycles. The van der Waals surface area contributed by atoms with Gasteiger partial charge in [0.15, 0.2) is 0 Å². The van der Waals surface area contributed by atoms with Gasteiger partial charge in [0.2, 0.25) is 0 Å². The van der Waals surface area contributed by atoms with E-state index in [2.05, 4.69) is 20.9 Å². The van der Waals surface area contributed by atoms with E-state index < -0.39 is 0 Å². The van der Waals surface area contributed by atoms with Gasteiger partial charge >= 0.3 is 6.03 Å². The summed E-state index contributed by atoms with van der Waals surface area (Å²) in [6.07, 6.45) is 5.64. The number of hydrogen-bond acceptors (Lipinski definition) is 3. The Kier molecular flexibility index (Phi) is 6.07. The largest absolute Gasteiger partial charge is 0.382 e. The molecule has 3 N–H and O–H groups in total. The lowest BCUT2D eigenvalue weighted by atomic mass is 9.91. The standard InChI is InChI=1S/C22H22Cl2N4O/c23-14-1-4-17(5-2-14)27-22(29)28-18-8-6-16(7-9-18)26-20-11-12-25-21-13-15(24)3-10-19(20)21/h1-5,10-13,16,18H,6-9H2,(H,25,26)(H2,27,28,29).